The lowest BCUT2D eigenvalue weighted by atomic mass is 10.2. The van der Waals surface area contributed by atoms with Gasteiger partial charge in [-0.2, -0.15) is 0 Å². The van der Waals surface area contributed by atoms with E-state index in [1.807, 2.05) is 42.5 Å². The molecule has 3 rings (SSSR count). The molecule has 0 aliphatic rings. The Morgan fingerprint density at radius 3 is 2.74 bits per heavy atom. The standard InChI is InChI=1S/C13H13N5O/c1-18-13(15-16-17-18)14-9-11-7-8-12(19-11)10-5-3-2-4-6-10/h2-8H,9H2,1H3,(H,14,15,17). The van der Waals surface area contributed by atoms with E-state index in [2.05, 4.69) is 20.8 Å². The molecule has 0 saturated carbocycles. The zero-order chi connectivity index (χ0) is 13.1. The van der Waals surface area contributed by atoms with Crippen molar-refractivity contribution in [3.05, 3.63) is 48.2 Å². The summed E-state index contributed by atoms with van der Waals surface area (Å²) in [5, 5.41) is 14.3. The first-order valence-corrected chi connectivity index (χ1v) is 5.93. The van der Waals surface area contributed by atoms with Gasteiger partial charge in [-0.15, -0.1) is 0 Å². The highest BCUT2D eigenvalue weighted by Crippen LogP contribution is 2.21. The average Bonchev–Trinajstić information content (AvgIpc) is 3.06. The summed E-state index contributed by atoms with van der Waals surface area (Å²) in [6, 6.07) is 13.9. The molecular weight excluding hydrogens is 242 g/mol. The van der Waals surface area contributed by atoms with E-state index in [1.165, 1.54) is 0 Å². The molecule has 2 aromatic heterocycles. The zero-order valence-electron chi connectivity index (χ0n) is 10.4. The summed E-state index contributed by atoms with van der Waals surface area (Å²) in [5.74, 6) is 2.30. The van der Waals surface area contributed by atoms with Crippen LogP contribution in [-0.2, 0) is 13.6 Å². The van der Waals surface area contributed by atoms with Crippen LogP contribution >= 0.6 is 0 Å². The number of hydrogen-bond donors (Lipinski definition) is 1. The Morgan fingerprint density at radius 2 is 2.00 bits per heavy atom. The lowest BCUT2D eigenvalue weighted by Gasteiger charge is -2.01. The van der Waals surface area contributed by atoms with Gasteiger partial charge in [0.05, 0.1) is 6.54 Å². The summed E-state index contributed by atoms with van der Waals surface area (Å²) in [4.78, 5) is 0. The van der Waals surface area contributed by atoms with Crippen molar-refractivity contribution < 1.29 is 4.42 Å². The van der Waals surface area contributed by atoms with Crippen LogP contribution in [0.2, 0.25) is 0 Å². The van der Waals surface area contributed by atoms with E-state index in [4.69, 9.17) is 4.42 Å². The Labute approximate surface area is 110 Å². The van der Waals surface area contributed by atoms with Gasteiger partial charge in [-0.05, 0) is 22.6 Å². The van der Waals surface area contributed by atoms with Crippen molar-refractivity contribution in [2.75, 3.05) is 5.32 Å². The van der Waals surface area contributed by atoms with Crippen LogP contribution in [0.3, 0.4) is 0 Å². The molecule has 1 aromatic carbocycles. The predicted molar refractivity (Wildman–Crippen MR) is 70.3 cm³/mol. The third-order valence-corrected chi connectivity index (χ3v) is 2.76. The minimum Gasteiger partial charge on any atom is -0.459 e. The molecule has 0 radical (unpaired) electrons. The maximum absolute atomic E-state index is 5.77. The van der Waals surface area contributed by atoms with Gasteiger partial charge in [-0.3, -0.25) is 0 Å². The van der Waals surface area contributed by atoms with Gasteiger partial charge in [0.15, 0.2) is 0 Å². The van der Waals surface area contributed by atoms with Crippen LogP contribution in [0.5, 0.6) is 0 Å². The van der Waals surface area contributed by atoms with Gasteiger partial charge in [-0.1, -0.05) is 35.4 Å². The highest BCUT2D eigenvalue weighted by Gasteiger charge is 2.06. The van der Waals surface area contributed by atoms with Crippen LogP contribution in [0.25, 0.3) is 11.3 Å². The summed E-state index contributed by atoms with van der Waals surface area (Å²) in [5.41, 5.74) is 1.06. The molecule has 0 atom stereocenters. The number of furan rings is 1. The normalized spacial score (nSPS) is 10.6. The Balaban J connectivity index is 1.70. The number of benzene rings is 1. The van der Waals surface area contributed by atoms with Gasteiger partial charge in [0.1, 0.15) is 11.5 Å². The monoisotopic (exact) mass is 255 g/mol. The smallest absolute Gasteiger partial charge is 0.243 e. The second kappa shape index (κ2) is 4.93. The van der Waals surface area contributed by atoms with Gasteiger partial charge in [-0.25, -0.2) is 4.68 Å². The van der Waals surface area contributed by atoms with Crippen LogP contribution in [0.4, 0.5) is 5.95 Å². The first kappa shape index (κ1) is 11.5. The Kier molecular flexibility index (Phi) is 2.97. The molecule has 0 amide bonds. The maximum Gasteiger partial charge on any atom is 0.243 e. The fraction of sp³-hybridized carbons (Fsp3) is 0.154. The summed E-state index contributed by atoms with van der Waals surface area (Å²) >= 11 is 0. The van der Waals surface area contributed by atoms with Gasteiger partial charge >= 0.3 is 0 Å². The Morgan fingerprint density at radius 1 is 1.16 bits per heavy atom. The van der Waals surface area contributed by atoms with Crippen molar-refractivity contribution >= 4 is 5.95 Å². The quantitative estimate of drug-likeness (QED) is 0.773. The van der Waals surface area contributed by atoms with Crippen LogP contribution in [0.15, 0.2) is 46.9 Å². The van der Waals surface area contributed by atoms with E-state index in [0.29, 0.717) is 12.5 Å². The first-order chi connectivity index (χ1) is 9.33. The lowest BCUT2D eigenvalue weighted by molar-refractivity contribution is 0.530. The van der Waals surface area contributed by atoms with Crippen LogP contribution in [0, 0.1) is 0 Å². The van der Waals surface area contributed by atoms with Crippen LogP contribution < -0.4 is 5.32 Å². The molecule has 2 heterocycles. The van der Waals surface area contributed by atoms with Crippen LogP contribution in [0.1, 0.15) is 5.76 Å². The molecule has 0 aliphatic carbocycles. The molecule has 96 valence electrons. The Hall–Kier alpha value is -2.63. The summed E-state index contributed by atoms with van der Waals surface area (Å²) in [6.45, 7) is 0.543. The largest absolute Gasteiger partial charge is 0.459 e. The van der Waals surface area contributed by atoms with Gasteiger partial charge in [0.25, 0.3) is 0 Å². The number of hydrogen-bond acceptors (Lipinski definition) is 5. The average molecular weight is 255 g/mol. The van der Waals surface area contributed by atoms with E-state index >= 15 is 0 Å². The number of nitrogens with zero attached hydrogens (tertiary/aromatic N) is 4. The summed E-state index contributed by atoms with van der Waals surface area (Å²) < 4.78 is 7.34. The molecule has 1 N–H and O–H groups in total. The van der Waals surface area contributed by atoms with Crippen molar-refractivity contribution in [1.29, 1.82) is 0 Å². The molecule has 0 spiro atoms. The number of tetrazole rings is 1. The number of nitrogens with one attached hydrogen (secondary N) is 1. The van der Waals surface area contributed by atoms with Crippen molar-refractivity contribution in [1.82, 2.24) is 20.2 Å². The molecule has 0 fully saturated rings. The van der Waals surface area contributed by atoms with Crippen LogP contribution in [-0.4, -0.2) is 20.2 Å². The molecule has 0 aliphatic heterocycles. The summed E-state index contributed by atoms with van der Waals surface area (Å²) in [7, 11) is 1.78. The Bertz CT molecular complexity index is 658. The minimum atomic E-state index is 0.543. The second-order valence-electron chi connectivity index (χ2n) is 4.11. The molecule has 19 heavy (non-hydrogen) atoms. The summed E-state index contributed by atoms with van der Waals surface area (Å²) in [6.07, 6.45) is 0. The SMILES string of the molecule is Cn1nnnc1NCc1ccc(-c2ccccc2)o1. The third-order valence-electron chi connectivity index (χ3n) is 2.76. The number of aromatic nitrogens is 4. The van der Waals surface area contributed by atoms with Gasteiger partial charge in [0, 0.05) is 12.6 Å². The van der Waals surface area contributed by atoms with E-state index in [-0.39, 0.29) is 0 Å². The molecular formula is C13H13N5O. The van der Waals surface area contributed by atoms with E-state index < -0.39 is 0 Å². The topological polar surface area (TPSA) is 68.8 Å². The second-order valence-corrected chi connectivity index (χ2v) is 4.11. The van der Waals surface area contributed by atoms with E-state index in [0.717, 1.165) is 17.1 Å². The fourth-order valence-corrected chi connectivity index (χ4v) is 1.78. The van der Waals surface area contributed by atoms with Gasteiger partial charge < -0.3 is 9.73 Å². The molecule has 0 unspecified atom stereocenters. The highest BCUT2D eigenvalue weighted by atomic mass is 16.3. The third kappa shape index (κ3) is 2.47. The maximum atomic E-state index is 5.77. The van der Waals surface area contributed by atoms with Crippen molar-refractivity contribution in [3.63, 3.8) is 0 Å². The number of rotatable bonds is 4. The van der Waals surface area contributed by atoms with E-state index in [1.54, 1.807) is 11.7 Å². The van der Waals surface area contributed by atoms with Crippen molar-refractivity contribution in [2.24, 2.45) is 7.05 Å². The number of anilines is 1. The molecule has 6 nitrogen and oxygen atoms in total. The minimum absolute atomic E-state index is 0.543. The lowest BCUT2D eigenvalue weighted by Crippen LogP contribution is -2.04. The predicted octanol–water partition coefficient (Wildman–Crippen LogP) is 2.08. The van der Waals surface area contributed by atoms with Gasteiger partial charge in [0.2, 0.25) is 5.95 Å². The molecule has 0 bridgehead atoms. The molecule has 3 aromatic rings. The molecule has 0 saturated heterocycles. The molecule has 6 heteroatoms. The first-order valence-electron chi connectivity index (χ1n) is 5.93. The van der Waals surface area contributed by atoms with E-state index in [9.17, 15) is 0 Å². The highest BCUT2D eigenvalue weighted by molar-refractivity contribution is 5.57. The van der Waals surface area contributed by atoms with Crippen molar-refractivity contribution in [2.45, 2.75) is 6.54 Å². The fourth-order valence-electron chi connectivity index (χ4n) is 1.78. The van der Waals surface area contributed by atoms with Crippen molar-refractivity contribution in [3.8, 4) is 11.3 Å². The zero-order valence-corrected chi connectivity index (χ0v) is 10.4. The number of aryl methyl sites for hydroxylation is 1.